The third kappa shape index (κ3) is 3.94. The van der Waals surface area contributed by atoms with Gasteiger partial charge in [0.15, 0.2) is 5.75 Å². The van der Waals surface area contributed by atoms with Crippen LogP contribution in [0.2, 0.25) is 0 Å². The molecule has 0 radical (unpaired) electrons. The number of phenolic OH excluding ortho intramolecular Hbond substituents is 1. The molecule has 0 fully saturated rings. The summed E-state index contributed by atoms with van der Waals surface area (Å²) in [5, 5.41) is 26.5. The number of nitrogens with zero attached hydrogens (tertiary/aromatic N) is 1. The van der Waals surface area contributed by atoms with Crippen molar-refractivity contribution >= 4 is 17.7 Å². The van der Waals surface area contributed by atoms with Crippen molar-refractivity contribution in [2.75, 3.05) is 13.7 Å². The lowest BCUT2D eigenvalue weighted by Crippen LogP contribution is -2.47. The molecule has 27 heavy (non-hydrogen) atoms. The SMILES string of the molecule is CCOc1cc(C2NC(=O)NC(C(C)C)=C2C(=O)OC)cc([N+](=O)[O-])c1O. The van der Waals surface area contributed by atoms with E-state index in [1.165, 1.54) is 13.2 Å². The van der Waals surface area contributed by atoms with Gasteiger partial charge >= 0.3 is 17.7 Å². The van der Waals surface area contributed by atoms with Crippen LogP contribution in [0.1, 0.15) is 32.4 Å². The number of methoxy groups -OCH3 is 1. The Kier molecular flexibility index (Phi) is 5.88. The molecule has 1 aromatic carbocycles. The lowest BCUT2D eigenvalue weighted by molar-refractivity contribution is -0.386. The number of phenols is 1. The predicted octanol–water partition coefficient (Wildman–Crippen LogP) is 2.14. The molecule has 10 nitrogen and oxygen atoms in total. The Morgan fingerprint density at radius 3 is 2.59 bits per heavy atom. The van der Waals surface area contributed by atoms with Crippen molar-refractivity contribution in [1.29, 1.82) is 0 Å². The summed E-state index contributed by atoms with van der Waals surface area (Å²) in [5.41, 5.74) is 0.0780. The fourth-order valence-corrected chi connectivity index (χ4v) is 2.81. The number of hydrogen-bond donors (Lipinski definition) is 3. The van der Waals surface area contributed by atoms with E-state index >= 15 is 0 Å². The average molecular weight is 379 g/mol. The third-order valence-corrected chi connectivity index (χ3v) is 3.99. The number of ether oxygens (including phenoxy) is 2. The van der Waals surface area contributed by atoms with E-state index in [9.17, 15) is 24.8 Å². The van der Waals surface area contributed by atoms with Crippen molar-refractivity contribution < 1.29 is 29.1 Å². The first-order valence-electron chi connectivity index (χ1n) is 8.25. The number of hydrogen-bond acceptors (Lipinski definition) is 7. The molecular formula is C17H21N3O7. The van der Waals surface area contributed by atoms with Gasteiger partial charge in [0.05, 0.1) is 30.3 Å². The molecule has 0 aliphatic carbocycles. The number of nitrogens with one attached hydrogen (secondary N) is 2. The zero-order chi connectivity index (χ0) is 20.3. The number of carbonyl (C=O) groups excluding carboxylic acids is 2. The summed E-state index contributed by atoms with van der Waals surface area (Å²) in [4.78, 5) is 35.0. The minimum absolute atomic E-state index is 0.120. The van der Waals surface area contributed by atoms with Gasteiger partial charge in [-0.2, -0.15) is 0 Å². The number of rotatable bonds is 6. The Morgan fingerprint density at radius 2 is 2.07 bits per heavy atom. The number of allylic oxidation sites excluding steroid dienone is 1. The Balaban J connectivity index is 2.72. The minimum atomic E-state index is -1.01. The van der Waals surface area contributed by atoms with Gasteiger partial charge in [-0.25, -0.2) is 9.59 Å². The van der Waals surface area contributed by atoms with Gasteiger partial charge in [0.25, 0.3) is 0 Å². The molecule has 0 bridgehead atoms. The fraction of sp³-hybridized carbons (Fsp3) is 0.412. The molecule has 3 N–H and O–H groups in total. The predicted molar refractivity (Wildman–Crippen MR) is 94.2 cm³/mol. The topological polar surface area (TPSA) is 140 Å². The Bertz CT molecular complexity index is 817. The highest BCUT2D eigenvalue weighted by molar-refractivity contribution is 5.95. The highest BCUT2D eigenvalue weighted by atomic mass is 16.6. The minimum Gasteiger partial charge on any atom is -0.500 e. The molecule has 0 saturated heterocycles. The molecule has 1 unspecified atom stereocenters. The molecule has 1 atom stereocenters. The molecule has 0 saturated carbocycles. The summed E-state index contributed by atoms with van der Waals surface area (Å²) >= 11 is 0. The van der Waals surface area contributed by atoms with Crippen molar-refractivity contribution in [3.63, 3.8) is 0 Å². The van der Waals surface area contributed by atoms with Gasteiger partial charge < -0.3 is 25.2 Å². The number of aromatic hydroxyl groups is 1. The van der Waals surface area contributed by atoms with Gasteiger partial charge in [-0.1, -0.05) is 13.8 Å². The molecule has 10 heteroatoms. The monoisotopic (exact) mass is 379 g/mol. The number of carbonyl (C=O) groups is 2. The van der Waals surface area contributed by atoms with E-state index in [0.29, 0.717) is 5.70 Å². The van der Waals surface area contributed by atoms with E-state index in [1.807, 2.05) is 0 Å². The van der Waals surface area contributed by atoms with E-state index in [4.69, 9.17) is 9.47 Å². The zero-order valence-corrected chi connectivity index (χ0v) is 15.4. The molecule has 2 rings (SSSR count). The van der Waals surface area contributed by atoms with Gasteiger partial charge in [0.2, 0.25) is 5.75 Å². The van der Waals surface area contributed by atoms with E-state index in [1.54, 1.807) is 20.8 Å². The number of benzene rings is 1. The molecular weight excluding hydrogens is 358 g/mol. The van der Waals surface area contributed by atoms with Crippen LogP contribution in [0.4, 0.5) is 10.5 Å². The van der Waals surface area contributed by atoms with Crippen LogP contribution in [-0.2, 0) is 9.53 Å². The van der Waals surface area contributed by atoms with E-state index in [0.717, 1.165) is 6.07 Å². The van der Waals surface area contributed by atoms with Gasteiger partial charge in [-0.15, -0.1) is 0 Å². The van der Waals surface area contributed by atoms with Crippen LogP contribution in [0.3, 0.4) is 0 Å². The maximum atomic E-state index is 12.4. The van der Waals surface area contributed by atoms with Gasteiger partial charge in [-0.05, 0) is 24.5 Å². The molecule has 146 valence electrons. The largest absolute Gasteiger partial charge is 0.500 e. The van der Waals surface area contributed by atoms with Crippen molar-refractivity contribution in [2.24, 2.45) is 5.92 Å². The van der Waals surface area contributed by atoms with Crippen LogP contribution in [-0.4, -0.2) is 35.7 Å². The van der Waals surface area contributed by atoms with Crippen molar-refractivity contribution in [2.45, 2.75) is 26.8 Å². The van der Waals surface area contributed by atoms with E-state index < -0.39 is 34.4 Å². The average Bonchev–Trinajstić information content (AvgIpc) is 2.61. The highest BCUT2D eigenvalue weighted by Crippen LogP contribution is 2.41. The molecule has 1 aliphatic heterocycles. The number of nitro groups is 1. The van der Waals surface area contributed by atoms with Crippen molar-refractivity contribution in [3.05, 3.63) is 39.1 Å². The first-order valence-corrected chi connectivity index (χ1v) is 8.25. The van der Waals surface area contributed by atoms with Gasteiger partial charge in [0, 0.05) is 11.8 Å². The lowest BCUT2D eigenvalue weighted by Gasteiger charge is -2.30. The third-order valence-electron chi connectivity index (χ3n) is 3.99. The summed E-state index contributed by atoms with van der Waals surface area (Å²) < 4.78 is 10.1. The lowest BCUT2D eigenvalue weighted by atomic mass is 9.91. The Hall–Kier alpha value is -3.30. The van der Waals surface area contributed by atoms with Crippen LogP contribution in [0.25, 0.3) is 0 Å². The van der Waals surface area contributed by atoms with Gasteiger partial charge in [0.1, 0.15) is 0 Å². The Labute approximate surface area is 155 Å². The normalized spacial score (nSPS) is 16.6. The summed E-state index contributed by atoms with van der Waals surface area (Å²) in [6, 6.07) is 0.866. The van der Waals surface area contributed by atoms with Gasteiger partial charge in [-0.3, -0.25) is 10.1 Å². The summed E-state index contributed by atoms with van der Waals surface area (Å²) in [6.45, 7) is 5.38. The van der Waals surface area contributed by atoms with Crippen LogP contribution < -0.4 is 15.4 Å². The quantitative estimate of drug-likeness (QED) is 0.391. The number of amides is 2. The van der Waals surface area contributed by atoms with Crippen molar-refractivity contribution in [1.82, 2.24) is 10.6 Å². The van der Waals surface area contributed by atoms with E-state index in [-0.39, 0.29) is 29.4 Å². The van der Waals surface area contributed by atoms with Crippen LogP contribution in [0, 0.1) is 16.0 Å². The smallest absolute Gasteiger partial charge is 0.337 e. The van der Waals surface area contributed by atoms with Crippen LogP contribution >= 0.6 is 0 Å². The zero-order valence-electron chi connectivity index (χ0n) is 15.4. The summed E-state index contributed by atoms with van der Waals surface area (Å²) in [6.07, 6.45) is 0. The maximum Gasteiger partial charge on any atom is 0.337 e. The van der Waals surface area contributed by atoms with Crippen molar-refractivity contribution in [3.8, 4) is 11.5 Å². The highest BCUT2D eigenvalue weighted by Gasteiger charge is 2.36. The standard InChI is InChI=1S/C17H21N3O7/c1-5-27-11-7-9(6-10(15(11)21)20(24)25)14-12(16(22)26-4)13(8(2)3)18-17(23)19-14/h6-8,14,21H,5H2,1-4H3,(H2,18,19,23). The first kappa shape index (κ1) is 20.0. The summed E-state index contributed by atoms with van der Waals surface area (Å²) in [7, 11) is 1.20. The second-order valence-electron chi connectivity index (χ2n) is 6.08. The Morgan fingerprint density at radius 1 is 1.41 bits per heavy atom. The molecule has 0 aromatic heterocycles. The number of esters is 1. The summed E-state index contributed by atoms with van der Waals surface area (Å²) in [5.74, 6) is -1.65. The second kappa shape index (κ2) is 7.94. The number of urea groups is 1. The van der Waals surface area contributed by atoms with Crippen LogP contribution in [0.5, 0.6) is 11.5 Å². The number of nitro benzene ring substituents is 1. The fourth-order valence-electron chi connectivity index (χ4n) is 2.81. The molecule has 2 amide bonds. The maximum absolute atomic E-state index is 12.4. The molecule has 1 heterocycles. The molecule has 1 aromatic rings. The first-order chi connectivity index (χ1) is 12.7. The molecule has 0 spiro atoms. The van der Waals surface area contributed by atoms with E-state index in [2.05, 4.69) is 10.6 Å². The van der Waals surface area contributed by atoms with Crippen LogP contribution in [0.15, 0.2) is 23.4 Å². The molecule has 1 aliphatic rings. The second-order valence-corrected chi connectivity index (χ2v) is 6.08.